The Balaban J connectivity index is 1.99. The maximum absolute atomic E-state index is 11.6. The van der Waals surface area contributed by atoms with Gasteiger partial charge in [-0.1, -0.05) is 0 Å². The average molecular weight is 209 g/mol. The van der Waals surface area contributed by atoms with Crippen molar-refractivity contribution in [3.63, 3.8) is 0 Å². The van der Waals surface area contributed by atoms with Gasteiger partial charge in [0, 0.05) is 0 Å². The van der Waals surface area contributed by atoms with Gasteiger partial charge in [0.15, 0.2) is 0 Å². The lowest BCUT2D eigenvalue weighted by Crippen LogP contribution is -2.68. The highest BCUT2D eigenvalue weighted by atomic mass is 16.4. The molecule has 0 unspecified atom stereocenters. The molecular formula is C12H19NO2. The second-order valence-corrected chi connectivity index (χ2v) is 5.73. The van der Waals surface area contributed by atoms with Crippen molar-refractivity contribution in [1.29, 1.82) is 0 Å². The molecule has 4 fully saturated rings. The Morgan fingerprint density at radius 2 is 1.60 bits per heavy atom. The van der Waals surface area contributed by atoms with Crippen molar-refractivity contribution >= 4 is 5.97 Å². The Hall–Kier alpha value is -0.570. The molecule has 0 aliphatic heterocycles. The molecule has 0 heterocycles. The number of rotatable bonds is 2. The molecule has 4 rings (SSSR count). The number of hydrogen-bond acceptors (Lipinski definition) is 2. The van der Waals surface area contributed by atoms with E-state index in [4.69, 9.17) is 0 Å². The van der Waals surface area contributed by atoms with Gasteiger partial charge in [-0.3, -0.25) is 4.79 Å². The van der Waals surface area contributed by atoms with Crippen molar-refractivity contribution < 1.29 is 9.90 Å². The summed E-state index contributed by atoms with van der Waals surface area (Å²) in [5, 5.41) is 12.7. The highest BCUT2D eigenvalue weighted by Gasteiger charge is 2.60. The number of nitrogens with one attached hydrogen (secondary N) is 1. The van der Waals surface area contributed by atoms with Gasteiger partial charge in [0.25, 0.3) is 0 Å². The number of likely N-dealkylation sites (N-methyl/N-ethyl adjacent to an activating group) is 1. The van der Waals surface area contributed by atoms with Crippen molar-refractivity contribution in [3.05, 3.63) is 0 Å². The molecule has 0 aromatic rings. The molecule has 0 saturated heterocycles. The zero-order valence-electron chi connectivity index (χ0n) is 9.20. The monoisotopic (exact) mass is 209 g/mol. The lowest BCUT2D eigenvalue weighted by Gasteiger charge is -2.59. The highest BCUT2D eigenvalue weighted by Crippen LogP contribution is 2.58. The van der Waals surface area contributed by atoms with Crippen LogP contribution in [-0.2, 0) is 4.79 Å². The maximum Gasteiger partial charge on any atom is 0.324 e. The second kappa shape index (κ2) is 2.97. The first-order chi connectivity index (χ1) is 7.16. The number of aliphatic carboxylic acids is 1. The summed E-state index contributed by atoms with van der Waals surface area (Å²) in [5.41, 5.74) is -0.590. The molecule has 0 spiro atoms. The summed E-state index contributed by atoms with van der Waals surface area (Å²) in [6.45, 7) is 0. The van der Waals surface area contributed by atoms with E-state index in [-0.39, 0.29) is 0 Å². The van der Waals surface area contributed by atoms with E-state index < -0.39 is 11.5 Å². The Bertz CT molecular complexity index is 272. The fourth-order valence-electron chi connectivity index (χ4n) is 4.79. The topological polar surface area (TPSA) is 49.3 Å². The predicted octanol–water partition coefficient (Wildman–Crippen LogP) is 1.49. The Labute approximate surface area is 90.2 Å². The highest BCUT2D eigenvalue weighted by molar-refractivity contribution is 5.80. The molecule has 4 aliphatic carbocycles. The molecule has 0 radical (unpaired) electrons. The summed E-state index contributed by atoms with van der Waals surface area (Å²) in [5.74, 6) is 1.81. The predicted molar refractivity (Wildman–Crippen MR) is 56.5 cm³/mol. The zero-order chi connectivity index (χ0) is 10.6. The summed E-state index contributed by atoms with van der Waals surface area (Å²) < 4.78 is 0. The minimum absolute atomic E-state index is 0.385. The van der Waals surface area contributed by atoms with Crippen LogP contribution in [-0.4, -0.2) is 23.7 Å². The van der Waals surface area contributed by atoms with E-state index in [0.29, 0.717) is 11.8 Å². The Kier molecular flexibility index (Phi) is 1.91. The molecular weight excluding hydrogens is 190 g/mol. The molecule has 15 heavy (non-hydrogen) atoms. The molecule has 3 heteroatoms. The molecule has 0 atom stereocenters. The first kappa shape index (κ1) is 9.64. The van der Waals surface area contributed by atoms with Crippen LogP contribution >= 0.6 is 0 Å². The molecule has 0 aromatic carbocycles. The molecule has 4 bridgehead atoms. The lowest BCUT2D eigenvalue weighted by molar-refractivity contribution is -0.163. The van der Waals surface area contributed by atoms with E-state index in [1.54, 1.807) is 0 Å². The van der Waals surface area contributed by atoms with E-state index >= 15 is 0 Å². The Morgan fingerprint density at radius 1 is 1.13 bits per heavy atom. The van der Waals surface area contributed by atoms with Crippen LogP contribution < -0.4 is 5.32 Å². The third-order valence-electron chi connectivity index (χ3n) is 5.19. The lowest BCUT2D eigenvalue weighted by atomic mass is 9.48. The van der Waals surface area contributed by atoms with Gasteiger partial charge < -0.3 is 10.4 Å². The number of carboxylic acid groups (broad SMARTS) is 1. The summed E-state index contributed by atoms with van der Waals surface area (Å²) in [6.07, 6.45) is 5.92. The van der Waals surface area contributed by atoms with Crippen LogP contribution in [0.1, 0.15) is 32.1 Å². The first-order valence-electron chi connectivity index (χ1n) is 6.09. The average Bonchev–Trinajstić information content (AvgIpc) is 2.16. The SMILES string of the molecule is CNC1(C(=O)O)C2CC3CC(C2)CC1C3. The van der Waals surface area contributed by atoms with E-state index in [1.165, 1.54) is 6.42 Å². The fraction of sp³-hybridized carbons (Fsp3) is 0.917. The number of carboxylic acids is 1. The minimum atomic E-state index is -0.612. The molecule has 3 nitrogen and oxygen atoms in total. The van der Waals surface area contributed by atoms with Crippen LogP contribution in [0.15, 0.2) is 0 Å². The molecule has 0 aromatic heterocycles. The van der Waals surface area contributed by atoms with Crippen molar-refractivity contribution in [1.82, 2.24) is 5.32 Å². The second-order valence-electron chi connectivity index (χ2n) is 5.73. The van der Waals surface area contributed by atoms with Crippen LogP contribution in [0, 0.1) is 23.7 Å². The van der Waals surface area contributed by atoms with E-state index in [0.717, 1.165) is 37.5 Å². The number of hydrogen-bond donors (Lipinski definition) is 2. The van der Waals surface area contributed by atoms with Crippen molar-refractivity contribution in [2.24, 2.45) is 23.7 Å². The van der Waals surface area contributed by atoms with Gasteiger partial charge in [0.2, 0.25) is 0 Å². The third-order valence-corrected chi connectivity index (χ3v) is 5.19. The van der Waals surface area contributed by atoms with Gasteiger partial charge in [-0.2, -0.15) is 0 Å². The largest absolute Gasteiger partial charge is 0.480 e. The molecule has 84 valence electrons. The van der Waals surface area contributed by atoms with Crippen LogP contribution in [0.2, 0.25) is 0 Å². The van der Waals surface area contributed by atoms with Crippen molar-refractivity contribution in [3.8, 4) is 0 Å². The van der Waals surface area contributed by atoms with Crippen molar-refractivity contribution in [2.45, 2.75) is 37.6 Å². The van der Waals surface area contributed by atoms with Gasteiger partial charge in [-0.05, 0) is 62.8 Å². The van der Waals surface area contributed by atoms with Crippen LogP contribution in [0.25, 0.3) is 0 Å². The van der Waals surface area contributed by atoms with Gasteiger partial charge in [0.1, 0.15) is 5.54 Å². The van der Waals surface area contributed by atoms with Gasteiger partial charge >= 0.3 is 5.97 Å². The van der Waals surface area contributed by atoms with Gasteiger partial charge in [0.05, 0.1) is 0 Å². The molecule has 0 amide bonds. The summed E-state index contributed by atoms with van der Waals surface area (Å²) >= 11 is 0. The molecule has 4 aliphatic rings. The van der Waals surface area contributed by atoms with Gasteiger partial charge in [-0.15, -0.1) is 0 Å². The standard InChI is InChI=1S/C12H19NO2/c1-13-12(11(14)15)9-3-7-2-8(5-9)6-10(12)4-7/h7-10,13H,2-6H2,1H3,(H,14,15). The Morgan fingerprint density at radius 3 is 1.93 bits per heavy atom. The van der Waals surface area contributed by atoms with Crippen LogP contribution in [0.4, 0.5) is 0 Å². The van der Waals surface area contributed by atoms with E-state index in [9.17, 15) is 9.90 Å². The first-order valence-corrected chi connectivity index (χ1v) is 6.09. The molecule has 4 saturated carbocycles. The van der Waals surface area contributed by atoms with Crippen molar-refractivity contribution in [2.75, 3.05) is 7.05 Å². The summed E-state index contributed by atoms with van der Waals surface area (Å²) in [7, 11) is 1.83. The number of carbonyl (C=O) groups is 1. The van der Waals surface area contributed by atoms with Crippen LogP contribution in [0.3, 0.4) is 0 Å². The zero-order valence-corrected chi connectivity index (χ0v) is 9.20. The van der Waals surface area contributed by atoms with E-state index in [2.05, 4.69) is 5.32 Å². The summed E-state index contributed by atoms with van der Waals surface area (Å²) in [4.78, 5) is 11.6. The minimum Gasteiger partial charge on any atom is -0.480 e. The summed E-state index contributed by atoms with van der Waals surface area (Å²) in [6, 6.07) is 0. The third kappa shape index (κ3) is 1.07. The quantitative estimate of drug-likeness (QED) is 0.724. The fourth-order valence-corrected chi connectivity index (χ4v) is 4.79. The van der Waals surface area contributed by atoms with Crippen LogP contribution in [0.5, 0.6) is 0 Å². The van der Waals surface area contributed by atoms with Gasteiger partial charge in [-0.25, -0.2) is 0 Å². The molecule has 2 N–H and O–H groups in total. The smallest absolute Gasteiger partial charge is 0.324 e. The normalized spacial score (nSPS) is 52.1. The maximum atomic E-state index is 11.6. The van der Waals surface area contributed by atoms with E-state index in [1.807, 2.05) is 7.05 Å².